The first kappa shape index (κ1) is 7.34. The van der Waals surface area contributed by atoms with Gasteiger partial charge in [-0.3, -0.25) is 0 Å². The highest BCUT2D eigenvalue weighted by Crippen LogP contribution is 2.23. The molecule has 1 aliphatic rings. The maximum atomic E-state index is 8.93. The Kier molecular flexibility index (Phi) is 2.35. The zero-order chi connectivity index (χ0) is 6.85. The Morgan fingerprint density at radius 1 is 1.22 bits per heavy atom. The van der Waals surface area contributed by atoms with Crippen LogP contribution in [0.15, 0.2) is 0 Å². The fourth-order valence-corrected chi connectivity index (χ4v) is 1.77. The van der Waals surface area contributed by atoms with E-state index in [1.807, 2.05) is 0 Å². The van der Waals surface area contributed by atoms with Crippen molar-refractivity contribution >= 4 is 11.8 Å². The van der Waals surface area contributed by atoms with Crippen LogP contribution in [0.25, 0.3) is 0 Å². The molecular formula is C5H10O3S. The van der Waals surface area contributed by atoms with Crippen LogP contribution in [0.2, 0.25) is 0 Å². The lowest BCUT2D eigenvalue weighted by Gasteiger charge is -2.27. The number of hydrogen-bond donors (Lipinski definition) is 3. The van der Waals surface area contributed by atoms with Gasteiger partial charge in [-0.2, -0.15) is 0 Å². The average Bonchev–Trinajstić information content (AvgIpc) is 1.83. The van der Waals surface area contributed by atoms with E-state index in [4.69, 9.17) is 15.3 Å². The molecule has 1 fully saturated rings. The summed E-state index contributed by atoms with van der Waals surface area (Å²) in [4.78, 5) is 0. The van der Waals surface area contributed by atoms with E-state index in [0.29, 0.717) is 6.42 Å². The van der Waals surface area contributed by atoms with Gasteiger partial charge in [0.05, 0.1) is 6.10 Å². The first-order valence-corrected chi connectivity index (χ1v) is 3.92. The van der Waals surface area contributed by atoms with Gasteiger partial charge in [-0.05, 0) is 12.2 Å². The van der Waals surface area contributed by atoms with Gasteiger partial charge in [0.1, 0.15) is 11.5 Å². The predicted octanol–water partition coefficient (Wildman–Crippen LogP) is -0.837. The van der Waals surface area contributed by atoms with Gasteiger partial charge in [0.2, 0.25) is 0 Å². The van der Waals surface area contributed by atoms with Crippen LogP contribution in [-0.4, -0.2) is 38.7 Å². The maximum Gasteiger partial charge on any atom is 0.128 e. The third-order valence-corrected chi connectivity index (χ3v) is 2.48. The van der Waals surface area contributed by atoms with Gasteiger partial charge in [0.25, 0.3) is 0 Å². The SMILES string of the molecule is OC1SCC[C@H](O)[C@H]1O. The van der Waals surface area contributed by atoms with Crippen LogP contribution < -0.4 is 0 Å². The Balaban J connectivity index is 2.41. The van der Waals surface area contributed by atoms with Gasteiger partial charge in [-0.1, -0.05) is 0 Å². The second-order valence-corrected chi connectivity index (χ2v) is 3.33. The molecular weight excluding hydrogens is 140 g/mol. The van der Waals surface area contributed by atoms with E-state index in [-0.39, 0.29) is 0 Å². The van der Waals surface area contributed by atoms with E-state index in [1.54, 1.807) is 0 Å². The third kappa shape index (κ3) is 1.58. The van der Waals surface area contributed by atoms with Gasteiger partial charge in [-0.25, -0.2) is 0 Å². The second-order valence-electron chi connectivity index (χ2n) is 2.11. The molecule has 0 saturated carbocycles. The van der Waals surface area contributed by atoms with Crippen LogP contribution in [0.1, 0.15) is 6.42 Å². The highest BCUT2D eigenvalue weighted by atomic mass is 32.2. The Bertz CT molecular complexity index is 88.2. The lowest BCUT2D eigenvalue weighted by atomic mass is 10.1. The van der Waals surface area contributed by atoms with Crippen LogP contribution >= 0.6 is 11.8 Å². The van der Waals surface area contributed by atoms with Crippen molar-refractivity contribution in [3.8, 4) is 0 Å². The van der Waals surface area contributed by atoms with E-state index in [0.717, 1.165) is 5.75 Å². The lowest BCUT2D eigenvalue weighted by molar-refractivity contribution is -0.0321. The summed E-state index contributed by atoms with van der Waals surface area (Å²) >= 11 is 1.28. The van der Waals surface area contributed by atoms with E-state index in [1.165, 1.54) is 11.8 Å². The molecule has 1 heterocycles. The Labute approximate surface area is 57.7 Å². The Hall–Kier alpha value is 0.230. The van der Waals surface area contributed by atoms with Gasteiger partial charge < -0.3 is 15.3 Å². The summed E-state index contributed by atoms with van der Waals surface area (Å²) in [7, 11) is 0. The number of aliphatic hydroxyl groups is 3. The molecule has 0 spiro atoms. The summed E-state index contributed by atoms with van der Waals surface area (Å²) in [5.74, 6) is 0.722. The van der Waals surface area contributed by atoms with Crippen molar-refractivity contribution in [1.29, 1.82) is 0 Å². The fourth-order valence-electron chi connectivity index (χ4n) is 0.769. The summed E-state index contributed by atoms with van der Waals surface area (Å²) in [6.45, 7) is 0. The van der Waals surface area contributed by atoms with Crippen molar-refractivity contribution in [3.63, 3.8) is 0 Å². The number of rotatable bonds is 0. The first-order chi connectivity index (χ1) is 4.22. The zero-order valence-corrected chi connectivity index (χ0v) is 5.71. The van der Waals surface area contributed by atoms with Crippen LogP contribution in [-0.2, 0) is 0 Å². The van der Waals surface area contributed by atoms with E-state index >= 15 is 0 Å². The normalized spacial score (nSPS) is 45.0. The molecule has 0 aliphatic carbocycles. The monoisotopic (exact) mass is 150 g/mol. The molecule has 1 saturated heterocycles. The quantitative estimate of drug-likeness (QED) is 0.421. The van der Waals surface area contributed by atoms with Gasteiger partial charge in [0.15, 0.2) is 0 Å². The summed E-state index contributed by atoms with van der Waals surface area (Å²) in [6.07, 6.45) is -1.12. The van der Waals surface area contributed by atoms with Crippen molar-refractivity contribution in [1.82, 2.24) is 0 Å². The predicted molar refractivity (Wildman–Crippen MR) is 35.1 cm³/mol. The van der Waals surface area contributed by atoms with E-state index < -0.39 is 17.6 Å². The molecule has 0 radical (unpaired) electrons. The molecule has 9 heavy (non-hydrogen) atoms. The number of hydrogen-bond acceptors (Lipinski definition) is 4. The molecule has 0 aromatic heterocycles. The molecule has 3 N–H and O–H groups in total. The minimum atomic E-state index is -0.955. The van der Waals surface area contributed by atoms with Crippen LogP contribution in [0, 0.1) is 0 Å². The minimum Gasteiger partial charge on any atom is -0.390 e. The van der Waals surface area contributed by atoms with Gasteiger partial charge in [-0.15, -0.1) is 11.8 Å². The molecule has 0 aromatic carbocycles. The Morgan fingerprint density at radius 3 is 2.33 bits per heavy atom. The van der Waals surface area contributed by atoms with Crippen LogP contribution in [0.3, 0.4) is 0 Å². The molecule has 0 amide bonds. The summed E-state index contributed by atoms with van der Waals surface area (Å²) in [6, 6.07) is 0. The van der Waals surface area contributed by atoms with Crippen LogP contribution in [0.5, 0.6) is 0 Å². The summed E-state index contributed by atoms with van der Waals surface area (Å²) in [5.41, 5.74) is -0.797. The minimum absolute atomic E-state index is 0.572. The average molecular weight is 150 g/mol. The van der Waals surface area contributed by atoms with Crippen molar-refractivity contribution in [2.24, 2.45) is 0 Å². The highest BCUT2D eigenvalue weighted by molar-refractivity contribution is 7.99. The van der Waals surface area contributed by atoms with Crippen molar-refractivity contribution in [2.45, 2.75) is 24.1 Å². The molecule has 4 heteroatoms. The molecule has 0 aromatic rings. The molecule has 0 bridgehead atoms. The van der Waals surface area contributed by atoms with Crippen molar-refractivity contribution in [2.75, 3.05) is 5.75 Å². The molecule has 54 valence electrons. The molecule has 3 atom stereocenters. The van der Waals surface area contributed by atoms with Crippen molar-refractivity contribution < 1.29 is 15.3 Å². The van der Waals surface area contributed by atoms with E-state index in [2.05, 4.69) is 0 Å². The van der Waals surface area contributed by atoms with Crippen molar-refractivity contribution in [3.05, 3.63) is 0 Å². The standard InChI is InChI=1S/C5H10O3S/c6-3-1-2-9-5(8)4(3)7/h3-8H,1-2H2/t3-,4+,5?/m0/s1. The summed E-state index contributed by atoms with van der Waals surface area (Å²) < 4.78 is 0. The maximum absolute atomic E-state index is 8.93. The van der Waals surface area contributed by atoms with Gasteiger partial charge in [0, 0.05) is 0 Å². The summed E-state index contributed by atoms with van der Waals surface area (Å²) in [5, 5.41) is 26.8. The zero-order valence-electron chi connectivity index (χ0n) is 4.90. The molecule has 1 rings (SSSR count). The number of aliphatic hydroxyl groups excluding tert-OH is 3. The molecule has 3 nitrogen and oxygen atoms in total. The smallest absolute Gasteiger partial charge is 0.128 e. The highest BCUT2D eigenvalue weighted by Gasteiger charge is 2.28. The first-order valence-electron chi connectivity index (χ1n) is 2.87. The van der Waals surface area contributed by atoms with Crippen LogP contribution in [0.4, 0.5) is 0 Å². The number of thioether (sulfide) groups is 1. The van der Waals surface area contributed by atoms with E-state index in [9.17, 15) is 0 Å². The molecule has 1 aliphatic heterocycles. The third-order valence-electron chi connectivity index (χ3n) is 1.39. The topological polar surface area (TPSA) is 60.7 Å². The second kappa shape index (κ2) is 2.88. The largest absolute Gasteiger partial charge is 0.390 e. The Morgan fingerprint density at radius 2 is 1.89 bits per heavy atom. The lowest BCUT2D eigenvalue weighted by Crippen LogP contribution is -2.39. The fraction of sp³-hybridized carbons (Fsp3) is 1.00. The molecule has 1 unspecified atom stereocenters. The van der Waals surface area contributed by atoms with Gasteiger partial charge >= 0.3 is 0 Å².